The Morgan fingerprint density at radius 3 is 2.67 bits per heavy atom. The summed E-state index contributed by atoms with van der Waals surface area (Å²) < 4.78 is 10.3. The minimum absolute atomic E-state index is 0.160. The highest BCUT2D eigenvalue weighted by molar-refractivity contribution is 5.94. The van der Waals surface area contributed by atoms with Crippen LogP contribution in [-0.2, 0) is 11.3 Å². The van der Waals surface area contributed by atoms with E-state index < -0.39 is 0 Å². The molecule has 0 aromatic carbocycles. The SMILES string of the molecule is COc1ccc(CNC(=O)c2ccc(N3CCOCC3)nc2)cn1. The van der Waals surface area contributed by atoms with Gasteiger partial charge in [-0.3, -0.25) is 4.79 Å². The van der Waals surface area contributed by atoms with Crippen molar-refractivity contribution >= 4 is 11.7 Å². The lowest BCUT2D eigenvalue weighted by atomic mass is 10.2. The number of morpholine rings is 1. The number of anilines is 1. The first-order valence-corrected chi connectivity index (χ1v) is 7.82. The first kappa shape index (κ1) is 16.2. The van der Waals surface area contributed by atoms with E-state index in [1.165, 1.54) is 0 Å². The predicted octanol–water partition coefficient (Wildman–Crippen LogP) is 1.25. The van der Waals surface area contributed by atoms with E-state index in [2.05, 4.69) is 20.2 Å². The van der Waals surface area contributed by atoms with Gasteiger partial charge in [-0.25, -0.2) is 9.97 Å². The molecule has 0 spiro atoms. The normalized spacial score (nSPS) is 14.3. The number of pyridine rings is 2. The molecule has 2 aromatic heterocycles. The Morgan fingerprint density at radius 1 is 1.21 bits per heavy atom. The molecule has 2 aromatic rings. The van der Waals surface area contributed by atoms with Crippen molar-refractivity contribution in [3.63, 3.8) is 0 Å². The largest absolute Gasteiger partial charge is 0.481 e. The lowest BCUT2D eigenvalue weighted by Gasteiger charge is -2.27. The fourth-order valence-corrected chi connectivity index (χ4v) is 2.42. The van der Waals surface area contributed by atoms with Crippen molar-refractivity contribution < 1.29 is 14.3 Å². The number of hydrogen-bond donors (Lipinski definition) is 1. The smallest absolute Gasteiger partial charge is 0.253 e. The van der Waals surface area contributed by atoms with Crippen LogP contribution in [0.25, 0.3) is 0 Å². The molecule has 126 valence electrons. The number of rotatable bonds is 5. The van der Waals surface area contributed by atoms with Crippen molar-refractivity contribution in [3.05, 3.63) is 47.8 Å². The first-order valence-electron chi connectivity index (χ1n) is 7.82. The number of amides is 1. The summed E-state index contributed by atoms with van der Waals surface area (Å²) in [6.45, 7) is 3.46. The summed E-state index contributed by atoms with van der Waals surface area (Å²) in [4.78, 5) is 22.8. The van der Waals surface area contributed by atoms with Crippen LogP contribution in [0.4, 0.5) is 5.82 Å². The number of ether oxygens (including phenoxy) is 2. The fourth-order valence-electron chi connectivity index (χ4n) is 2.42. The van der Waals surface area contributed by atoms with Crippen molar-refractivity contribution in [1.29, 1.82) is 0 Å². The van der Waals surface area contributed by atoms with E-state index in [1.54, 1.807) is 31.6 Å². The van der Waals surface area contributed by atoms with E-state index >= 15 is 0 Å². The van der Waals surface area contributed by atoms with Crippen LogP contribution in [0.3, 0.4) is 0 Å². The summed E-state index contributed by atoms with van der Waals surface area (Å²) in [6, 6.07) is 7.29. The minimum Gasteiger partial charge on any atom is -0.481 e. The number of aromatic nitrogens is 2. The molecule has 0 radical (unpaired) electrons. The van der Waals surface area contributed by atoms with Gasteiger partial charge in [-0.2, -0.15) is 0 Å². The van der Waals surface area contributed by atoms with Crippen molar-refractivity contribution in [2.45, 2.75) is 6.54 Å². The summed E-state index contributed by atoms with van der Waals surface area (Å²) in [7, 11) is 1.57. The Bertz CT molecular complexity index is 667. The Balaban J connectivity index is 1.56. The van der Waals surface area contributed by atoms with E-state index in [0.29, 0.717) is 31.2 Å². The molecule has 1 saturated heterocycles. The zero-order valence-electron chi connectivity index (χ0n) is 13.6. The average Bonchev–Trinajstić information content (AvgIpc) is 2.67. The van der Waals surface area contributed by atoms with Gasteiger partial charge in [0.15, 0.2) is 0 Å². The Hall–Kier alpha value is -2.67. The van der Waals surface area contributed by atoms with Crippen LogP contribution in [0.5, 0.6) is 5.88 Å². The minimum atomic E-state index is -0.160. The zero-order valence-corrected chi connectivity index (χ0v) is 13.6. The van der Waals surface area contributed by atoms with Crippen LogP contribution in [0.2, 0.25) is 0 Å². The third-order valence-corrected chi connectivity index (χ3v) is 3.80. The van der Waals surface area contributed by atoms with Gasteiger partial charge >= 0.3 is 0 Å². The second-order valence-corrected chi connectivity index (χ2v) is 5.40. The van der Waals surface area contributed by atoms with E-state index in [-0.39, 0.29) is 5.91 Å². The molecule has 7 nitrogen and oxygen atoms in total. The molecule has 7 heteroatoms. The van der Waals surface area contributed by atoms with Gasteiger partial charge in [0.1, 0.15) is 5.82 Å². The first-order chi connectivity index (χ1) is 11.8. The number of methoxy groups -OCH3 is 1. The molecule has 1 aliphatic heterocycles. The quantitative estimate of drug-likeness (QED) is 0.890. The van der Waals surface area contributed by atoms with Crippen LogP contribution in [-0.4, -0.2) is 49.3 Å². The monoisotopic (exact) mass is 328 g/mol. The molecule has 0 saturated carbocycles. The van der Waals surface area contributed by atoms with Gasteiger partial charge in [-0.15, -0.1) is 0 Å². The van der Waals surface area contributed by atoms with Gasteiger partial charge in [-0.05, 0) is 17.7 Å². The van der Waals surface area contributed by atoms with Crippen LogP contribution >= 0.6 is 0 Å². The van der Waals surface area contributed by atoms with Crippen LogP contribution in [0.1, 0.15) is 15.9 Å². The summed E-state index contributed by atoms with van der Waals surface area (Å²) in [5.74, 6) is 1.26. The van der Waals surface area contributed by atoms with Crippen LogP contribution in [0, 0.1) is 0 Å². The lowest BCUT2D eigenvalue weighted by molar-refractivity contribution is 0.0950. The van der Waals surface area contributed by atoms with Crippen molar-refractivity contribution in [3.8, 4) is 5.88 Å². The van der Waals surface area contributed by atoms with Gasteiger partial charge in [0, 0.05) is 38.1 Å². The Morgan fingerprint density at radius 2 is 2.04 bits per heavy atom. The second-order valence-electron chi connectivity index (χ2n) is 5.40. The highest BCUT2D eigenvalue weighted by Gasteiger charge is 2.13. The van der Waals surface area contributed by atoms with Crippen LogP contribution in [0.15, 0.2) is 36.7 Å². The molecular formula is C17H20N4O3. The molecule has 0 aliphatic carbocycles. The van der Waals surface area contributed by atoms with Gasteiger partial charge in [0.25, 0.3) is 5.91 Å². The maximum absolute atomic E-state index is 12.2. The molecular weight excluding hydrogens is 308 g/mol. The number of carbonyl (C=O) groups excluding carboxylic acids is 1. The van der Waals surface area contributed by atoms with Gasteiger partial charge < -0.3 is 19.7 Å². The summed E-state index contributed by atoms with van der Waals surface area (Å²) in [6.07, 6.45) is 3.28. The molecule has 1 N–H and O–H groups in total. The highest BCUT2D eigenvalue weighted by atomic mass is 16.5. The topological polar surface area (TPSA) is 76.6 Å². The van der Waals surface area contributed by atoms with E-state index in [9.17, 15) is 4.79 Å². The average molecular weight is 328 g/mol. The third kappa shape index (κ3) is 3.99. The zero-order chi connectivity index (χ0) is 16.8. The second kappa shape index (κ2) is 7.74. The molecule has 1 fully saturated rings. The fraction of sp³-hybridized carbons (Fsp3) is 0.353. The molecule has 0 unspecified atom stereocenters. The van der Waals surface area contributed by atoms with E-state index in [4.69, 9.17) is 9.47 Å². The summed E-state index contributed by atoms with van der Waals surface area (Å²) in [5, 5.41) is 2.86. The third-order valence-electron chi connectivity index (χ3n) is 3.80. The molecule has 1 amide bonds. The number of nitrogens with zero attached hydrogens (tertiary/aromatic N) is 3. The Kier molecular flexibility index (Phi) is 5.22. The van der Waals surface area contributed by atoms with E-state index in [0.717, 1.165) is 24.5 Å². The van der Waals surface area contributed by atoms with Gasteiger partial charge in [0.05, 0.1) is 25.9 Å². The molecule has 3 rings (SSSR count). The maximum Gasteiger partial charge on any atom is 0.253 e. The summed E-state index contributed by atoms with van der Waals surface area (Å²) in [5.41, 5.74) is 1.44. The Labute approximate surface area is 140 Å². The van der Waals surface area contributed by atoms with Gasteiger partial charge in [0.2, 0.25) is 5.88 Å². The molecule has 0 atom stereocenters. The van der Waals surface area contributed by atoms with Crippen molar-refractivity contribution in [2.75, 3.05) is 38.3 Å². The molecule has 1 aliphatic rings. The highest BCUT2D eigenvalue weighted by Crippen LogP contribution is 2.13. The summed E-state index contributed by atoms with van der Waals surface area (Å²) >= 11 is 0. The van der Waals surface area contributed by atoms with Crippen molar-refractivity contribution in [2.24, 2.45) is 0 Å². The molecule has 0 bridgehead atoms. The lowest BCUT2D eigenvalue weighted by Crippen LogP contribution is -2.36. The number of carbonyl (C=O) groups is 1. The molecule has 3 heterocycles. The van der Waals surface area contributed by atoms with Crippen LogP contribution < -0.4 is 15.0 Å². The number of nitrogens with one attached hydrogen (secondary N) is 1. The molecule has 24 heavy (non-hydrogen) atoms. The van der Waals surface area contributed by atoms with Gasteiger partial charge in [-0.1, -0.05) is 6.07 Å². The number of hydrogen-bond acceptors (Lipinski definition) is 6. The van der Waals surface area contributed by atoms with Crippen molar-refractivity contribution in [1.82, 2.24) is 15.3 Å². The predicted molar refractivity (Wildman–Crippen MR) is 89.2 cm³/mol. The maximum atomic E-state index is 12.2. The standard InChI is InChI=1S/C17H20N4O3/c1-23-16-5-2-13(10-19-16)11-20-17(22)14-3-4-15(18-12-14)21-6-8-24-9-7-21/h2-5,10,12H,6-9,11H2,1H3,(H,20,22). The van der Waals surface area contributed by atoms with E-state index in [1.807, 2.05) is 12.1 Å².